The molecular weight excluding hydrogens is 218 g/mol. The van der Waals surface area contributed by atoms with Gasteiger partial charge in [0.05, 0.1) is 12.6 Å². The first kappa shape index (κ1) is 12.1. The van der Waals surface area contributed by atoms with Crippen LogP contribution in [-0.2, 0) is 6.42 Å². The average molecular weight is 239 g/mol. The molecule has 90 valence electrons. The van der Waals surface area contributed by atoms with Crippen LogP contribution in [0.25, 0.3) is 0 Å². The molecular formula is C13H21NOS. The zero-order chi connectivity index (χ0) is 11.4. The molecule has 1 heterocycles. The average Bonchev–Trinajstić information content (AvgIpc) is 2.96. The lowest BCUT2D eigenvalue weighted by atomic mass is 10.2. The van der Waals surface area contributed by atoms with Crippen LogP contribution in [0.3, 0.4) is 0 Å². The SMILES string of the molecule is CCc1ccc(C(CO)NC2CCCC2)s1. The van der Waals surface area contributed by atoms with Crippen molar-refractivity contribution in [1.82, 2.24) is 5.32 Å². The topological polar surface area (TPSA) is 32.3 Å². The van der Waals surface area contributed by atoms with Crippen LogP contribution in [0.1, 0.15) is 48.4 Å². The van der Waals surface area contributed by atoms with Gasteiger partial charge in [-0.05, 0) is 31.4 Å². The summed E-state index contributed by atoms with van der Waals surface area (Å²) < 4.78 is 0. The normalized spacial score (nSPS) is 19.1. The molecule has 0 radical (unpaired) electrons. The van der Waals surface area contributed by atoms with Crippen molar-refractivity contribution < 1.29 is 5.11 Å². The van der Waals surface area contributed by atoms with Gasteiger partial charge in [-0.3, -0.25) is 0 Å². The Hall–Kier alpha value is -0.380. The number of rotatable bonds is 5. The molecule has 1 aromatic heterocycles. The standard InChI is InChI=1S/C13H21NOS/c1-2-11-7-8-13(16-11)12(9-15)14-10-5-3-4-6-10/h7-8,10,12,14-15H,2-6,9H2,1H3. The Bertz CT molecular complexity index is 317. The Balaban J connectivity index is 1.97. The first-order chi connectivity index (χ1) is 7.83. The van der Waals surface area contributed by atoms with Gasteiger partial charge in [-0.15, -0.1) is 11.3 Å². The van der Waals surface area contributed by atoms with E-state index in [-0.39, 0.29) is 12.6 Å². The van der Waals surface area contributed by atoms with Crippen molar-refractivity contribution in [2.75, 3.05) is 6.61 Å². The summed E-state index contributed by atoms with van der Waals surface area (Å²) in [5.41, 5.74) is 0. The van der Waals surface area contributed by atoms with Gasteiger partial charge in [-0.1, -0.05) is 19.8 Å². The van der Waals surface area contributed by atoms with Crippen LogP contribution in [0.4, 0.5) is 0 Å². The molecule has 1 aliphatic carbocycles. The molecule has 2 N–H and O–H groups in total. The summed E-state index contributed by atoms with van der Waals surface area (Å²) in [5, 5.41) is 13.0. The second kappa shape index (κ2) is 5.80. The van der Waals surface area contributed by atoms with E-state index in [0.717, 1.165) is 6.42 Å². The predicted molar refractivity (Wildman–Crippen MR) is 68.9 cm³/mol. The highest BCUT2D eigenvalue weighted by molar-refractivity contribution is 7.12. The maximum Gasteiger partial charge on any atom is 0.0652 e. The minimum absolute atomic E-state index is 0.147. The van der Waals surface area contributed by atoms with E-state index in [4.69, 9.17) is 0 Å². The van der Waals surface area contributed by atoms with Crippen molar-refractivity contribution in [1.29, 1.82) is 0 Å². The molecule has 1 atom stereocenters. The fourth-order valence-electron chi connectivity index (χ4n) is 2.37. The molecule has 2 nitrogen and oxygen atoms in total. The molecule has 0 amide bonds. The van der Waals surface area contributed by atoms with Crippen molar-refractivity contribution in [3.05, 3.63) is 21.9 Å². The van der Waals surface area contributed by atoms with E-state index in [1.54, 1.807) is 0 Å². The highest BCUT2D eigenvalue weighted by Crippen LogP contribution is 2.26. The van der Waals surface area contributed by atoms with Gasteiger partial charge in [-0.25, -0.2) is 0 Å². The minimum Gasteiger partial charge on any atom is -0.394 e. The second-order valence-corrected chi connectivity index (χ2v) is 5.74. The van der Waals surface area contributed by atoms with Gasteiger partial charge in [0.2, 0.25) is 0 Å². The number of thiophene rings is 1. The minimum atomic E-state index is 0.147. The Labute approximate surface area is 102 Å². The maximum atomic E-state index is 9.47. The Morgan fingerprint density at radius 2 is 2.19 bits per heavy atom. The largest absolute Gasteiger partial charge is 0.394 e. The first-order valence-electron chi connectivity index (χ1n) is 6.29. The van der Waals surface area contributed by atoms with E-state index >= 15 is 0 Å². The molecule has 1 aliphatic rings. The van der Waals surface area contributed by atoms with Gasteiger partial charge in [0.25, 0.3) is 0 Å². The van der Waals surface area contributed by atoms with Crippen LogP contribution in [0, 0.1) is 0 Å². The smallest absolute Gasteiger partial charge is 0.0652 e. The number of aryl methyl sites for hydroxylation is 1. The van der Waals surface area contributed by atoms with Crippen LogP contribution in [0.5, 0.6) is 0 Å². The number of nitrogens with one attached hydrogen (secondary N) is 1. The van der Waals surface area contributed by atoms with Crippen molar-refractivity contribution in [3.63, 3.8) is 0 Å². The molecule has 1 saturated carbocycles. The molecule has 3 heteroatoms. The summed E-state index contributed by atoms with van der Waals surface area (Å²) in [6, 6.07) is 5.10. The third-order valence-corrected chi connectivity index (χ3v) is 4.69. The number of hydrogen-bond acceptors (Lipinski definition) is 3. The summed E-state index contributed by atoms with van der Waals surface area (Å²) in [4.78, 5) is 2.69. The Morgan fingerprint density at radius 3 is 2.75 bits per heavy atom. The van der Waals surface area contributed by atoms with Gasteiger partial charge < -0.3 is 10.4 Å². The summed E-state index contributed by atoms with van der Waals surface area (Å²) in [6.07, 6.45) is 6.29. The highest BCUT2D eigenvalue weighted by atomic mass is 32.1. The lowest BCUT2D eigenvalue weighted by Gasteiger charge is -2.19. The van der Waals surface area contributed by atoms with Crippen LogP contribution < -0.4 is 5.32 Å². The zero-order valence-corrected chi connectivity index (χ0v) is 10.7. The summed E-state index contributed by atoms with van der Waals surface area (Å²) in [5.74, 6) is 0. The Morgan fingerprint density at radius 1 is 1.44 bits per heavy atom. The summed E-state index contributed by atoms with van der Waals surface area (Å²) in [6.45, 7) is 2.38. The van der Waals surface area contributed by atoms with E-state index in [1.165, 1.54) is 35.4 Å². The second-order valence-electron chi connectivity index (χ2n) is 4.54. The number of aliphatic hydroxyl groups excluding tert-OH is 1. The first-order valence-corrected chi connectivity index (χ1v) is 7.10. The lowest BCUT2D eigenvalue weighted by Crippen LogP contribution is -2.32. The monoisotopic (exact) mass is 239 g/mol. The zero-order valence-electron chi connectivity index (χ0n) is 9.91. The van der Waals surface area contributed by atoms with Gasteiger partial charge >= 0.3 is 0 Å². The molecule has 1 unspecified atom stereocenters. The molecule has 0 aromatic carbocycles. The summed E-state index contributed by atoms with van der Waals surface area (Å²) >= 11 is 1.83. The van der Waals surface area contributed by atoms with Crippen molar-refractivity contribution in [3.8, 4) is 0 Å². The van der Waals surface area contributed by atoms with E-state index in [9.17, 15) is 5.11 Å². The molecule has 0 spiro atoms. The molecule has 2 rings (SSSR count). The van der Waals surface area contributed by atoms with E-state index in [0.29, 0.717) is 6.04 Å². The van der Waals surface area contributed by atoms with Crippen molar-refractivity contribution >= 4 is 11.3 Å². The van der Waals surface area contributed by atoms with Crippen LogP contribution >= 0.6 is 11.3 Å². The quantitative estimate of drug-likeness (QED) is 0.828. The predicted octanol–water partition coefficient (Wildman–Crippen LogP) is 2.88. The van der Waals surface area contributed by atoms with Crippen molar-refractivity contribution in [2.24, 2.45) is 0 Å². The fraction of sp³-hybridized carbons (Fsp3) is 0.692. The van der Waals surface area contributed by atoms with Gasteiger partial charge in [0.1, 0.15) is 0 Å². The van der Waals surface area contributed by atoms with Crippen LogP contribution in [-0.4, -0.2) is 17.8 Å². The molecule has 0 saturated heterocycles. The lowest BCUT2D eigenvalue weighted by molar-refractivity contribution is 0.235. The molecule has 1 aromatic rings. The van der Waals surface area contributed by atoms with E-state index in [1.807, 2.05) is 11.3 Å². The molecule has 0 bridgehead atoms. The third kappa shape index (κ3) is 2.84. The van der Waals surface area contributed by atoms with Crippen LogP contribution in [0.15, 0.2) is 12.1 Å². The van der Waals surface area contributed by atoms with E-state index < -0.39 is 0 Å². The molecule has 0 aliphatic heterocycles. The molecule has 16 heavy (non-hydrogen) atoms. The van der Waals surface area contributed by atoms with Gasteiger partial charge in [-0.2, -0.15) is 0 Å². The summed E-state index contributed by atoms with van der Waals surface area (Å²) in [7, 11) is 0. The van der Waals surface area contributed by atoms with Gasteiger partial charge in [0.15, 0.2) is 0 Å². The van der Waals surface area contributed by atoms with Gasteiger partial charge in [0, 0.05) is 15.8 Å². The maximum absolute atomic E-state index is 9.47. The molecule has 1 fully saturated rings. The van der Waals surface area contributed by atoms with Crippen molar-refractivity contribution in [2.45, 2.75) is 51.1 Å². The number of hydrogen-bond donors (Lipinski definition) is 2. The number of aliphatic hydroxyl groups is 1. The highest BCUT2D eigenvalue weighted by Gasteiger charge is 2.20. The third-order valence-electron chi connectivity index (χ3n) is 3.35. The fourth-order valence-corrected chi connectivity index (χ4v) is 3.38. The van der Waals surface area contributed by atoms with E-state index in [2.05, 4.69) is 24.4 Å². The Kier molecular flexibility index (Phi) is 4.38. The van der Waals surface area contributed by atoms with Crippen LogP contribution in [0.2, 0.25) is 0 Å².